The molecule has 2 aromatic rings. The molecule has 2 N–H and O–H groups in total. The van der Waals surface area contributed by atoms with Crippen molar-refractivity contribution in [2.24, 2.45) is 0 Å². The minimum atomic E-state index is -1.02. The van der Waals surface area contributed by atoms with Gasteiger partial charge in [-0.1, -0.05) is 48.0 Å². The largest absolute Gasteiger partial charge is 0.461 e. The Bertz CT molecular complexity index is 952. The number of benzene rings is 2. The van der Waals surface area contributed by atoms with Gasteiger partial charge in [0.25, 0.3) is 0 Å². The van der Waals surface area contributed by atoms with E-state index in [-0.39, 0.29) is 18.1 Å². The molecule has 1 aliphatic carbocycles. The Hall–Kier alpha value is -2.63. The second-order valence-corrected chi connectivity index (χ2v) is 7.06. The van der Waals surface area contributed by atoms with E-state index in [0.717, 1.165) is 17.5 Å². The standard InChI is InChI=1S/C21H19ClN2O3/c1-2-27-20(26)18-17(14-7-9-15(22)10-8-14)21(24-23-18)12-11-13-5-3-4-6-16(13)19(21)25/h3-10,23-24H,2,11-12H2,1H3/t21-/m1/s1. The van der Waals surface area contributed by atoms with Crippen molar-refractivity contribution in [3.63, 3.8) is 0 Å². The predicted molar refractivity (Wildman–Crippen MR) is 103 cm³/mol. The molecule has 0 bridgehead atoms. The number of hydrogen-bond donors (Lipinski definition) is 2. The summed E-state index contributed by atoms with van der Waals surface area (Å²) in [4.78, 5) is 26.1. The second kappa shape index (κ2) is 6.83. The van der Waals surface area contributed by atoms with Crippen LogP contribution in [0.5, 0.6) is 0 Å². The summed E-state index contributed by atoms with van der Waals surface area (Å²) in [5.74, 6) is -0.542. The fourth-order valence-electron chi connectivity index (χ4n) is 3.85. The maximum absolute atomic E-state index is 13.5. The minimum Gasteiger partial charge on any atom is -0.461 e. The summed E-state index contributed by atoms with van der Waals surface area (Å²) in [6.07, 6.45) is 1.26. The summed E-state index contributed by atoms with van der Waals surface area (Å²) in [7, 11) is 0. The van der Waals surface area contributed by atoms with Crippen LogP contribution in [-0.2, 0) is 16.0 Å². The molecule has 1 heterocycles. The maximum Gasteiger partial charge on any atom is 0.356 e. The van der Waals surface area contributed by atoms with Crippen LogP contribution in [0.25, 0.3) is 5.57 Å². The molecule has 4 rings (SSSR count). The van der Waals surface area contributed by atoms with E-state index >= 15 is 0 Å². The number of carbonyl (C=O) groups excluding carboxylic acids is 2. The lowest BCUT2D eigenvalue weighted by molar-refractivity contribution is -0.138. The van der Waals surface area contributed by atoms with E-state index in [2.05, 4.69) is 10.9 Å². The molecule has 0 aromatic heterocycles. The van der Waals surface area contributed by atoms with Gasteiger partial charge in [-0.2, -0.15) is 0 Å². The van der Waals surface area contributed by atoms with Crippen molar-refractivity contribution in [3.05, 3.63) is 75.9 Å². The van der Waals surface area contributed by atoms with Crippen molar-refractivity contribution in [2.45, 2.75) is 25.3 Å². The Morgan fingerprint density at radius 1 is 1.19 bits per heavy atom. The second-order valence-electron chi connectivity index (χ2n) is 6.62. The van der Waals surface area contributed by atoms with Gasteiger partial charge in [0, 0.05) is 16.2 Å². The molecule has 0 unspecified atom stereocenters. The molecule has 2 aromatic carbocycles. The molecule has 1 atom stereocenters. The lowest BCUT2D eigenvalue weighted by Gasteiger charge is -2.35. The Morgan fingerprint density at radius 3 is 2.67 bits per heavy atom. The van der Waals surface area contributed by atoms with Gasteiger partial charge in [0.1, 0.15) is 11.2 Å². The first kappa shape index (κ1) is 17.8. The molecule has 6 heteroatoms. The lowest BCUT2D eigenvalue weighted by atomic mass is 9.71. The van der Waals surface area contributed by atoms with Crippen LogP contribution >= 0.6 is 11.6 Å². The van der Waals surface area contributed by atoms with Crippen LogP contribution in [-0.4, -0.2) is 23.9 Å². The molecule has 0 saturated carbocycles. The van der Waals surface area contributed by atoms with Gasteiger partial charge in [-0.15, -0.1) is 0 Å². The van der Waals surface area contributed by atoms with Gasteiger partial charge in [-0.25, -0.2) is 10.2 Å². The van der Waals surface area contributed by atoms with Gasteiger partial charge in [0.05, 0.1) is 6.61 Å². The quantitative estimate of drug-likeness (QED) is 0.797. The summed E-state index contributed by atoms with van der Waals surface area (Å²) >= 11 is 6.03. The zero-order valence-electron chi connectivity index (χ0n) is 14.8. The van der Waals surface area contributed by atoms with E-state index in [9.17, 15) is 9.59 Å². The number of carbonyl (C=O) groups is 2. The molecule has 1 aliphatic heterocycles. The van der Waals surface area contributed by atoms with E-state index in [0.29, 0.717) is 22.6 Å². The Balaban J connectivity index is 1.89. The monoisotopic (exact) mass is 382 g/mol. The molecule has 0 amide bonds. The van der Waals surface area contributed by atoms with Crippen molar-refractivity contribution < 1.29 is 14.3 Å². The first-order valence-corrected chi connectivity index (χ1v) is 9.28. The number of ether oxygens (including phenoxy) is 1. The van der Waals surface area contributed by atoms with Gasteiger partial charge >= 0.3 is 5.97 Å². The summed E-state index contributed by atoms with van der Waals surface area (Å²) in [5, 5.41) is 0.588. The van der Waals surface area contributed by atoms with Gasteiger partial charge in [-0.05, 0) is 43.0 Å². The average molecular weight is 383 g/mol. The van der Waals surface area contributed by atoms with Crippen molar-refractivity contribution in [1.82, 2.24) is 10.9 Å². The average Bonchev–Trinajstić information content (AvgIpc) is 3.06. The molecule has 138 valence electrons. The summed E-state index contributed by atoms with van der Waals surface area (Å²) in [6.45, 7) is 2.00. The van der Waals surface area contributed by atoms with Crippen molar-refractivity contribution in [1.29, 1.82) is 0 Å². The van der Waals surface area contributed by atoms with Crippen molar-refractivity contribution in [2.75, 3.05) is 6.61 Å². The van der Waals surface area contributed by atoms with Crippen LogP contribution in [0.4, 0.5) is 0 Å². The highest BCUT2D eigenvalue weighted by molar-refractivity contribution is 6.30. The molecule has 5 nitrogen and oxygen atoms in total. The Kier molecular flexibility index (Phi) is 4.50. The molecular weight excluding hydrogens is 364 g/mol. The van der Waals surface area contributed by atoms with Gasteiger partial charge in [0.2, 0.25) is 0 Å². The molecular formula is C21H19ClN2O3. The molecule has 2 aliphatic rings. The van der Waals surface area contributed by atoms with Gasteiger partial charge < -0.3 is 10.2 Å². The number of fused-ring (bicyclic) bond motifs is 1. The van der Waals surface area contributed by atoms with Crippen LogP contribution in [0.2, 0.25) is 5.02 Å². The van der Waals surface area contributed by atoms with Gasteiger partial charge in [-0.3, -0.25) is 4.79 Å². The zero-order valence-corrected chi connectivity index (χ0v) is 15.6. The summed E-state index contributed by atoms with van der Waals surface area (Å²) in [5.41, 5.74) is 8.35. The number of halogens is 1. The van der Waals surface area contributed by atoms with Crippen LogP contribution < -0.4 is 10.9 Å². The Morgan fingerprint density at radius 2 is 1.93 bits per heavy atom. The van der Waals surface area contributed by atoms with Crippen LogP contribution in [0.1, 0.15) is 34.8 Å². The number of nitrogens with one attached hydrogen (secondary N) is 2. The summed E-state index contributed by atoms with van der Waals surface area (Å²) in [6, 6.07) is 14.7. The zero-order chi connectivity index (χ0) is 19.0. The van der Waals surface area contributed by atoms with Crippen LogP contribution in [0.15, 0.2) is 54.2 Å². The number of hydrazine groups is 1. The number of esters is 1. The number of aryl methyl sites for hydroxylation is 1. The highest BCUT2D eigenvalue weighted by Gasteiger charge is 2.51. The van der Waals surface area contributed by atoms with Gasteiger partial charge in [0.15, 0.2) is 5.78 Å². The maximum atomic E-state index is 13.5. The van der Waals surface area contributed by atoms with E-state index in [1.165, 1.54) is 0 Å². The molecule has 1 spiro atoms. The third kappa shape index (κ3) is 2.83. The SMILES string of the molecule is CCOC(=O)C1=C(c2ccc(Cl)cc2)[C@@]2(CCc3ccccc3C2=O)NN1. The smallest absolute Gasteiger partial charge is 0.356 e. The molecule has 0 saturated heterocycles. The van der Waals surface area contributed by atoms with Crippen LogP contribution in [0.3, 0.4) is 0 Å². The molecule has 0 radical (unpaired) electrons. The van der Waals surface area contributed by atoms with E-state index < -0.39 is 11.5 Å². The number of rotatable bonds is 3. The predicted octanol–water partition coefficient (Wildman–Crippen LogP) is 3.29. The number of ketones is 1. The number of hydrogen-bond acceptors (Lipinski definition) is 5. The van der Waals surface area contributed by atoms with E-state index in [4.69, 9.17) is 16.3 Å². The van der Waals surface area contributed by atoms with E-state index in [1.807, 2.05) is 36.4 Å². The first-order chi connectivity index (χ1) is 13.1. The topological polar surface area (TPSA) is 67.4 Å². The molecule has 27 heavy (non-hydrogen) atoms. The first-order valence-electron chi connectivity index (χ1n) is 8.90. The van der Waals surface area contributed by atoms with Crippen molar-refractivity contribution in [3.8, 4) is 0 Å². The summed E-state index contributed by atoms with van der Waals surface area (Å²) < 4.78 is 5.20. The number of Topliss-reactive ketones (excluding diaryl/α,β-unsaturated/α-hetero) is 1. The highest BCUT2D eigenvalue weighted by atomic mass is 35.5. The fraction of sp³-hybridized carbons (Fsp3) is 0.238. The minimum absolute atomic E-state index is 0.0545. The molecule has 0 fully saturated rings. The third-order valence-corrected chi connectivity index (χ3v) is 5.36. The normalized spacial score (nSPS) is 21.2. The van der Waals surface area contributed by atoms with Crippen molar-refractivity contribution >= 4 is 28.9 Å². The van der Waals surface area contributed by atoms with Crippen LogP contribution in [0, 0.1) is 0 Å². The fourth-order valence-corrected chi connectivity index (χ4v) is 3.98. The highest BCUT2D eigenvalue weighted by Crippen LogP contribution is 2.42. The van der Waals surface area contributed by atoms with E-state index in [1.54, 1.807) is 19.1 Å². The third-order valence-electron chi connectivity index (χ3n) is 5.11. The Labute approximate surface area is 162 Å². The lowest BCUT2D eigenvalue weighted by Crippen LogP contribution is -2.55.